The zero-order chi connectivity index (χ0) is 16.2. The summed E-state index contributed by atoms with van der Waals surface area (Å²) in [5, 5.41) is 2.66. The topological polar surface area (TPSA) is 80.1 Å². The zero-order valence-electron chi connectivity index (χ0n) is 12.7. The van der Waals surface area contributed by atoms with Crippen LogP contribution in [-0.4, -0.2) is 55.8 Å². The van der Waals surface area contributed by atoms with E-state index in [0.29, 0.717) is 17.2 Å². The Bertz CT molecular complexity index is 707. The van der Waals surface area contributed by atoms with E-state index >= 15 is 0 Å². The molecule has 23 heavy (non-hydrogen) atoms. The van der Waals surface area contributed by atoms with Crippen LogP contribution in [-0.2, 0) is 4.79 Å². The number of rotatable bonds is 3. The van der Waals surface area contributed by atoms with Gasteiger partial charge in [-0.25, -0.2) is 9.97 Å². The fourth-order valence-corrected chi connectivity index (χ4v) is 3.21. The van der Waals surface area contributed by atoms with Crippen LogP contribution < -0.4 is 5.32 Å². The molecule has 7 nitrogen and oxygen atoms in total. The highest BCUT2D eigenvalue weighted by Gasteiger charge is 2.20. The molecule has 2 amide bonds. The molecule has 0 spiro atoms. The third kappa shape index (κ3) is 3.70. The second-order valence-electron chi connectivity index (χ2n) is 5.16. The molecule has 0 saturated carbocycles. The van der Waals surface area contributed by atoms with Gasteiger partial charge < -0.3 is 10.2 Å². The van der Waals surface area contributed by atoms with E-state index in [1.807, 2.05) is 16.7 Å². The first kappa shape index (κ1) is 15.5. The van der Waals surface area contributed by atoms with Gasteiger partial charge in [-0.3, -0.25) is 14.2 Å². The smallest absolute Gasteiger partial charge is 0.274 e. The number of aromatic nitrogens is 3. The van der Waals surface area contributed by atoms with Gasteiger partial charge >= 0.3 is 0 Å². The maximum atomic E-state index is 12.4. The molecule has 3 rings (SSSR count). The van der Waals surface area contributed by atoms with Gasteiger partial charge in [0.25, 0.3) is 5.91 Å². The standard InChI is InChI=1S/C15H17N5O2S/c1-11(21)18-12-2-3-14(16-8-12)20-9-13(17-10-20)15(22)19-4-6-23-7-5-19/h2-3,8-10H,4-7H2,1H3,(H,18,21). The minimum atomic E-state index is -0.144. The molecule has 1 aliphatic heterocycles. The lowest BCUT2D eigenvalue weighted by molar-refractivity contribution is -0.114. The Balaban J connectivity index is 1.73. The predicted molar refractivity (Wildman–Crippen MR) is 88.9 cm³/mol. The largest absolute Gasteiger partial charge is 0.336 e. The summed E-state index contributed by atoms with van der Waals surface area (Å²) in [5.41, 5.74) is 1.05. The second kappa shape index (κ2) is 6.82. The number of pyridine rings is 1. The third-order valence-electron chi connectivity index (χ3n) is 3.43. The van der Waals surface area contributed by atoms with E-state index < -0.39 is 0 Å². The molecular weight excluding hydrogens is 314 g/mol. The molecule has 2 aromatic rings. The average molecular weight is 331 g/mol. The molecule has 0 radical (unpaired) electrons. The highest BCUT2D eigenvalue weighted by atomic mass is 32.2. The fourth-order valence-electron chi connectivity index (χ4n) is 2.30. The van der Waals surface area contributed by atoms with Crippen molar-refractivity contribution >= 4 is 29.3 Å². The summed E-state index contributed by atoms with van der Waals surface area (Å²) >= 11 is 1.86. The molecule has 0 aliphatic carbocycles. The summed E-state index contributed by atoms with van der Waals surface area (Å²) < 4.78 is 1.70. The van der Waals surface area contributed by atoms with Gasteiger partial charge in [0.2, 0.25) is 5.91 Å². The number of anilines is 1. The molecule has 120 valence electrons. The molecule has 1 fully saturated rings. The van der Waals surface area contributed by atoms with Crippen LogP contribution in [0.1, 0.15) is 17.4 Å². The minimum Gasteiger partial charge on any atom is -0.336 e. The number of hydrogen-bond donors (Lipinski definition) is 1. The van der Waals surface area contributed by atoms with Crippen LogP contribution in [0.3, 0.4) is 0 Å². The maximum absolute atomic E-state index is 12.4. The number of hydrogen-bond acceptors (Lipinski definition) is 5. The lowest BCUT2D eigenvalue weighted by Crippen LogP contribution is -2.38. The number of amides is 2. The Hall–Kier alpha value is -2.35. The SMILES string of the molecule is CC(=O)Nc1ccc(-n2cnc(C(=O)N3CCSCC3)c2)nc1. The number of nitrogens with zero attached hydrogens (tertiary/aromatic N) is 4. The van der Waals surface area contributed by atoms with Crippen LogP contribution in [0.25, 0.3) is 5.82 Å². The first-order valence-electron chi connectivity index (χ1n) is 7.28. The van der Waals surface area contributed by atoms with E-state index in [9.17, 15) is 9.59 Å². The van der Waals surface area contributed by atoms with Gasteiger partial charge in [0.1, 0.15) is 17.8 Å². The summed E-state index contributed by atoms with van der Waals surface area (Å²) in [6, 6.07) is 3.52. The van der Waals surface area contributed by atoms with Crippen molar-refractivity contribution in [1.29, 1.82) is 0 Å². The number of nitrogens with one attached hydrogen (secondary N) is 1. The van der Waals surface area contributed by atoms with Gasteiger partial charge in [-0.2, -0.15) is 11.8 Å². The van der Waals surface area contributed by atoms with Crippen molar-refractivity contribution < 1.29 is 9.59 Å². The quantitative estimate of drug-likeness (QED) is 0.920. The summed E-state index contributed by atoms with van der Waals surface area (Å²) in [4.78, 5) is 33.7. The van der Waals surface area contributed by atoms with E-state index in [2.05, 4.69) is 15.3 Å². The van der Waals surface area contributed by atoms with E-state index in [1.54, 1.807) is 35.4 Å². The minimum absolute atomic E-state index is 0.0427. The molecule has 8 heteroatoms. The Kier molecular flexibility index (Phi) is 4.61. The van der Waals surface area contributed by atoms with Crippen molar-refractivity contribution in [3.05, 3.63) is 36.5 Å². The lowest BCUT2D eigenvalue weighted by Gasteiger charge is -2.25. The zero-order valence-corrected chi connectivity index (χ0v) is 13.5. The Labute approximate surface area is 138 Å². The summed E-state index contributed by atoms with van der Waals surface area (Å²) in [6.07, 6.45) is 4.83. The van der Waals surface area contributed by atoms with Crippen molar-refractivity contribution in [1.82, 2.24) is 19.4 Å². The average Bonchev–Trinajstić information content (AvgIpc) is 3.05. The molecule has 1 aliphatic rings. The first-order chi connectivity index (χ1) is 11.1. The number of carbonyl (C=O) groups excluding carboxylic acids is 2. The summed E-state index contributed by atoms with van der Waals surface area (Å²) in [5.74, 6) is 2.39. The van der Waals surface area contributed by atoms with Gasteiger partial charge in [0.15, 0.2) is 0 Å². The van der Waals surface area contributed by atoms with Gasteiger partial charge in [0, 0.05) is 37.7 Å². The van der Waals surface area contributed by atoms with Gasteiger partial charge in [0.05, 0.1) is 11.9 Å². The highest BCUT2D eigenvalue weighted by molar-refractivity contribution is 7.99. The van der Waals surface area contributed by atoms with Crippen LogP contribution in [0.15, 0.2) is 30.9 Å². The molecular formula is C15H17N5O2S. The highest BCUT2D eigenvalue weighted by Crippen LogP contribution is 2.14. The van der Waals surface area contributed by atoms with Crippen molar-refractivity contribution in [2.24, 2.45) is 0 Å². The molecule has 0 atom stereocenters. The molecule has 0 unspecified atom stereocenters. The molecule has 1 saturated heterocycles. The van der Waals surface area contributed by atoms with Crippen molar-refractivity contribution in [3.63, 3.8) is 0 Å². The van der Waals surface area contributed by atoms with Crippen LogP contribution in [0.2, 0.25) is 0 Å². The van der Waals surface area contributed by atoms with E-state index in [4.69, 9.17) is 0 Å². The van der Waals surface area contributed by atoms with Crippen LogP contribution >= 0.6 is 11.8 Å². The molecule has 3 heterocycles. The summed E-state index contributed by atoms with van der Waals surface area (Å²) in [7, 11) is 0. The summed E-state index contributed by atoms with van der Waals surface area (Å²) in [6.45, 7) is 2.97. The van der Waals surface area contributed by atoms with Gasteiger partial charge in [-0.05, 0) is 12.1 Å². The van der Waals surface area contributed by atoms with Crippen molar-refractivity contribution in [2.75, 3.05) is 29.9 Å². The molecule has 0 bridgehead atoms. The van der Waals surface area contributed by atoms with E-state index in [0.717, 1.165) is 24.6 Å². The number of carbonyl (C=O) groups is 2. The second-order valence-corrected chi connectivity index (χ2v) is 6.38. The van der Waals surface area contributed by atoms with Gasteiger partial charge in [-0.15, -0.1) is 0 Å². The Morgan fingerprint density at radius 1 is 1.22 bits per heavy atom. The first-order valence-corrected chi connectivity index (χ1v) is 8.44. The predicted octanol–water partition coefficient (Wildman–Crippen LogP) is 1.41. The molecule has 2 aromatic heterocycles. The van der Waals surface area contributed by atoms with E-state index in [-0.39, 0.29) is 11.8 Å². The van der Waals surface area contributed by atoms with Crippen molar-refractivity contribution in [3.8, 4) is 5.82 Å². The maximum Gasteiger partial charge on any atom is 0.274 e. The van der Waals surface area contributed by atoms with Crippen LogP contribution in [0, 0.1) is 0 Å². The fraction of sp³-hybridized carbons (Fsp3) is 0.333. The van der Waals surface area contributed by atoms with Gasteiger partial charge in [-0.1, -0.05) is 0 Å². The van der Waals surface area contributed by atoms with Crippen LogP contribution in [0.5, 0.6) is 0 Å². The molecule has 1 N–H and O–H groups in total. The molecule has 0 aromatic carbocycles. The van der Waals surface area contributed by atoms with Crippen molar-refractivity contribution in [2.45, 2.75) is 6.92 Å². The monoisotopic (exact) mass is 331 g/mol. The Morgan fingerprint density at radius 3 is 2.65 bits per heavy atom. The normalized spacial score (nSPS) is 14.6. The number of thioether (sulfide) groups is 1. The number of imidazole rings is 1. The third-order valence-corrected chi connectivity index (χ3v) is 4.38. The van der Waals surface area contributed by atoms with E-state index in [1.165, 1.54) is 6.92 Å². The van der Waals surface area contributed by atoms with Crippen LogP contribution in [0.4, 0.5) is 5.69 Å². The lowest BCUT2D eigenvalue weighted by atomic mass is 10.3. The Morgan fingerprint density at radius 2 is 2.00 bits per heavy atom.